The maximum Gasteiger partial charge on any atom is 0.239 e. The predicted molar refractivity (Wildman–Crippen MR) is 73.9 cm³/mol. The lowest BCUT2D eigenvalue weighted by Gasteiger charge is -2.44. The lowest BCUT2D eigenvalue weighted by molar-refractivity contribution is -0.00899. The van der Waals surface area contributed by atoms with Gasteiger partial charge in [-0.3, -0.25) is 5.43 Å². The van der Waals surface area contributed by atoms with Crippen molar-refractivity contribution >= 4 is 11.8 Å². The average Bonchev–Trinajstić information content (AvgIpc) is 2.46. The van der Waals surface area contributed by atoms with Gasteiger partial charge in [-0.05, 0) is 19.8 Å². The number of hydrogen-bond donors (Lipinski definition) is 2. The molecule has 2 atom stereocenters. The van der Waals surface area contributed by atoms with E-state index in [1.165, 1.54) is 19.3 Å². The summed E-state index contributed by atoms with van der Waals surface area (Å²) in [6.45, 7) is 3.63. The molecule has 3 N–H and O–H groups in total. The van der Waals surface area contributed by atoms with Gasteiger partial charge in [0, 0.05) is 18.3 Å². The van der Waals surface area contributed by atoms with E-state index in [1.807, 2.05) is 13.0 Å². The van der Waals surface area contributed by atoms with E-state index in [0.29, 0.717) is 18.1 Å². The number of aryl methyl sites for hydroxylation is 1. The SMILES string of the molecule is Cc1cc(N2CCOC3CCCCC32)nc(NN)n1. The summed E-state index contributed by atoms with van der Waals surface area (Å²) in [5, 5.41) is 0. The van der Waals surface area contributed by atoms with Crippen LogP contribution in [0.2, 0.25) is 0 Å². The molecule has 1 aromatic rings. The Balaban J connectivity index is 1.89. The molecule has 1 saturated heterocycles. The van der Waals surface area contributed by atoms with Crippen LogP contribution in [0.15, 0.2) is 6.07 Å². The number of morpholine rings is 1. The summed E-state index contributed by atoms with van der Waals surface area (Å²) >= 11 is 0. The minimum absolute atomic E-state index is 0.354. The van der Waals surface area contributed by atoms with Gasteiger partial charge in [0.25, 0.3) is 0 Å². The van der Waals surface area contributed by atoms with Crippen LogP contribution < -0.4 is 16.2 Å². The maximum atomic E-state index is 5.90. The lowest BCUT2D eigenvalue weighted by atomic mass is 9.90. The van der Waals surface area contributed by atoms with E-state index in [0.717, 1.165) is 31.1 Å². The normalized spacial score (nSPS) is 26.9. The molecule has 0 amide bonds. The number of hydrogen-bond acceptors (Lipinski definition) is 6. The van der Waals surface area contributed by atoms with E-state index >= 15 is 0 Å². The van der Waals surface area contributed by atoms with Crippen LogP contribution in [0.25, 0.3) is 0 Å². The predicted octanol–water partition coefficient (Wildman–Crippen LogP) is 1.22. The van der Waals surface area contributed by atoms with Crippen molar-refractivity contribution in [2.24, 2.45) is 5.84 Å². The van der Waals surface area contributed by atoms with Gasteiger partial charge in [0.15, 0.2) is 0 Å². The number of aromatic nitrogens is 2. The van der Waals surface area contributed by atoms with Crippen LogP contribution in [0, 0.1) is 6.92 Å². The molecule has 0 bridgehead atoms. The standard InChI is InChI=1S/C13H21N5O/c1-9-8-12(16-13(15-9)17-14)18-6-7-19-11-5-3-2-4-10(11)18/h8,10-11H,2-7,14H2,1H3,(H,15,16,17). The fourth-order valence-electron chi connectivity index (χ4n) is 3.14. The van der Waals surface area contributed by atoms with Crippen LogP contribution in [-0.2, 0) is 4.74 Å². The van der Waals surface area contributed by atoms with E-state index in [9.17, 15) is 0 Å². The molecule has 1 aromatic heterocycles. The fraction of sp³-hybridized carbons (Fsp3) is 0.692. The molecule has 2 fully saturated rings. The number of fused-ring (bicyclic) bond motifs is 1. The molecule has 0 radical (unpaired) electrons. The van der Waals surface area contributed by atoms with E-state index in [4.69, 9.17) is 10.6 Å². The number of nitrogens with one attached hydrogen (secondary N) is 1. The van der Waals surface area contributed by atoms with E-state index in [2.05, 4.69) is 20.3 Å². The third kappa shape index (κ3) is 2.50. The molecule has 6 heteroatoms. The van der Waals surface area contributed by atoms with Gasteiger partial charge in [-0.25, -0.2) is 10.8 Å². The fourth-order valence-corrected chi connectivity index (χ4v) is 3.14. The molecule has 1 aliphatic heterocycles. The van der Waals surface area contributed by atoms with Gasteiger partial charge in [-0.15, -0.1) is 0 Å². The second-order valence-electron chi connectivity index (χ2n) is 5.29. The molecule has 1 saturated carbocycles. The van der Waals surface area contributed by atoms with Crippen molar-refractivity contribution in [2.75, 3.05) is 23.5 Å². The molecule has 2 heterocycles. The van der Waals surface area contributed by atoms with Crippen molar-refractivity contribution in [1.29, 1.82) is 0 Å². The largest absolute Gasteiger partial charge is 0.374 e. The monoisotopic (exact) mass is 263 g/mol. The topological polar surface area (TPSA) is 76.3 Å². The molecule has 19 heavy (non-hydrogen) atoms. The highest BCUT2D eigenvalue weighted by Gasteiger charge is 2.35. The van der Waals surface area contributed by atoms with Crippen LogP contribution in [0.3, 0.4) is 0 Å². The van der Waals surface area contributed by atoms with Crippen LogP contribution in [-0.4, -0.2) is 35.3 Å². The molecule has 6 nitrogen and oxygen atoms in total. The Morgan fingerprint density at radius 3 is 3.05 bits per heavy atom. The van der Waals surface area contributed by atoms with Crippen LogP contribution >= 0.6 is 0 Å². The zero-order valence-corrected chi connectivity index (χ0v) is 11.3. The highest BCUT2D eigenvalue weighted by molar-refractivity contribution is 5.46. The number of hydrazine groups is 1. The molecule has 2 unspecified atom stereocenters. The number of nitrogen functional groups attached to an aromatic ring is 1. The minimum atomic E-state index is 0.354. The van der Waals surface area contributed by atoms with Gasteiger partial charge in [0.05, 0.1) is 18.8 Å². The molecule has 2 aliphatic rings. The first kappa shape index (κ1) is 12.6. The number of anilines is 2. The summed E-state index contributed by atoms with van der Waals surface area (Å²) in [7, 11) is 0. The minimum Gasteiger partial charge on any atom is -0.374 e. The summed E-state index contributed by atoms with van der Waals surface area (Å²) in [6.07, 6.45) is 5.24. The first-order chi connectivity index (χ1) is 9.28. The molecule has 1 aliphatic carbocycles. The Hall–Kier alpha value is -1.40. The van der Waals surface area contributed by atoms with E-state index in [1.54, 1.807) is 0 Å². The number of ether oxygens (including phenoxy) is 1. The molecule has 104 valence electrons. The van der Waals surface area contributed by atoms with Crippen LogP contribution in [0.5, 0.6) is 0 Å². The Morgan fingerprint density at radius 1 is 1.37 bits per heavy atom. The average molecular weight is 263 g/mol. The summed E-state index contributed by atoms with van der Waals surface area (Å²) < 4.78 is 5.90. The smallest absolute Gasteiger partial charge is 0.239 e. The number of nitrogens with two attached hydrogens (primary N) is 1. The Labute approximate surface area is 113 Å². The maximum absolute atomic E-state index is 5.90. The summed E-state index contributed by atoms with van der Waals surface area (Å²) in [5.74, 6) is 6.87. The van der Waals surface area contributed by atoms with Crippen molar-refractivity contribution in [1.82, 2.24) is 9.97 Å². The van der Waals surface area contributed by atoms with Crippen LogP contribution in [0.1, 0.15) is 31.4 Å². The Morgan fingerprint density at radius 2 is 2.21 bits per heavy atom. The van der Waals surface area contributed by atoms with Crippen molar-refractivity contribution in [3.8, 4) is 0 Å². The third-order valence-electron chi connectivity index (χ3n) is 4.00. The number of nitrogens with zero attached hydrogens (tertiary/aromatic N) is 3. The molecule has 0 aromatic carbocycles. The second kappa shape index (κ2) is 5.30. The van der Waals surface area contributed by atoms with Gasteiger partial charge in [0.2, 0.25) is 5.95 Å². The van der Waals surface area contributed by atoms with Crippen molar-refractivity contribution in [3.63, 3.8) is 0 Å². The van der Waals surface area contributed by atoms with Crippen molar-refractivity contribution in [3.05, 3.63) is 11.8 Å². The zero-order chi connectivity index (χ0) is 13.2. The zero-order valence-electron chi connectivity index (χ0n) is 11.3. The van der Waals surface area contributed by atoms with Gasteiger partial charge in [-0.1, -0.05) is 12.8 Å². The van der Waals surface area contributed by atoms with Crippen molar-refractivity contribution in [2.45, 2.75) is 44.8 Å². The van der Waals surface area contributed by atoms with Gasteiger partial charge in [0.1, 0.15) is 5.82 Å². The highest BCUT2D eigenvalue weighted by atomic mass is 16.5. The first-order valence-electron chi connectivity index (χ1n) is 6.98. The summed E-state index contributed by atoms with van der Waals surface area (Å²) in [6, 6.07) is 2.47. The second-order valence-corrected chi connectivity index (χ2v) is 5.29. The summed E-state index contributed by atoms with van der Waals surface area (Å²) in [4.78, 5) is 11.1. The molecule has 0 spiro atoms. The van der Waals surface area contributed by atoms with Crippen molar-refractivity contribution < 1.29 is 4.74 Å². The van der Waals surface area contributed by atoms with Crippen LogP contribution in [0.4, 0.5) is 11.8 Å². The Bertz CT molecular complexity index is 451. The molecular weight excluding hydrogens is 242 g/mol. The lowest BCUT2D eigenvalue weighted by Crippen LogP contribution is -2.53. The molecular formula is C13H21N5O. The van der Waals surface area contributed by atoms with Gasteiger partial charge >= 0.3 is 0 Å². The van der Waals surface area contributed by atoms with Gasteiger partial charge in [-0.2, -0.15) is 4.98 Å². The third-order valence-corrected chi connectivity index (χ3v) is 4.00. The first-order valence-corrected chi connectivity index (χ1v) is 6.98. The van der Waals surface area contributed by atoms with Gasteiger partial charge < -0.3 is 9.64 Å². The van der Waals surface area contributed by atoms with E-state index in [-0.39, 0.29) is 0 Å². The summed E-state index contributed by atoms with van der Waals surface area (Å²) in [5.41, 5.74) is 3.47. The Kier molecular flexibility index (Phi) is 3.52. The highest BCUT2D eigenvalue weighted by Crippen LogP contribution is 2.31. The molecule has 3 rings (SSSR count). The van der Waals surface area contributed by atoms with E-state index < -0.39 is 0 Å². The quantitative estimate of drug-likeness (QED) is 0.617. The number of rotatable bonds is 2.